The molecule has 0 spiro atoms. The van der Waals surface area contributed by atoms with Gasteiger partial charge in [-0.3, -0.25) is 4.39 Å². The fourth-order valence-corrected chi connectivity index (χ4v) is 2.33. The zero-order valence-electron chi connectivity index (χ0n) is 11.4. The average molecular weight is 339 g/mol. The Bertz CT molecular complexity index is 559. The molecule has 0 fully saturated rings. The molecule has 1 aromatic rings. The molecule has 0 amide bonds. The summed E-state index contributed by atoms with van der Waals surface area (Å²) in [6.07, 6.45) is -1.31. The summed E-state index contributed by atoms with van der Waals surface area (Å²) in [7, 11) is 0. The van der Waals surface area contributed by atoms with Crippen LogP contribution in [0.4, 0.5) is 8.78 Å². The van der Waals surface area contributed by atoms with Crippen molar-refractivity contribution in [1.82, 2.24) is 0 Å². The van der Waals surface area contributed by atoms with Crippen molar-refractivity contribution in [2.45, 2.75) is 26.1 Å². The number of alkyl halides is 2. The van der Waals surface area contributed by atoms with Gasteiger partial charge in [-0.1, -0.05) is 23.2 Å². The second kappa shape index (κ2) is 7.61. The minimum atomic E-state index is -1.47. The van der Waals surface area contributed by atoms with Gasteiger partial charge in [0.1, 0.15) is 11.9 Å². The molecule has 0 aliphatic carbocycles. The molecule has 0 bridgehead atoms. The lowest BCUT2D eigenvalue weighted by Gasteiger charge is -2.27. The molecule has 21 heavy (non-hydrogen) atoms. The van der Waals surface area contributed by atoms with Crippen LogP contribution in [0.25, 0.3) is 6.08 Å². The molecule has 1 aliphatic heterocycles. The van der Waals surface area contributed by atoms with Gasteiger partial charge < -0.3 is 9.84 Å². The molecule has 0 aromatic heterocycles. The summed E-state index contributed by atoms with van der Waals surface area (Å²) in [4.78, 5) is 11.1. The lowest BCUT2D eigenvalue weighted by atomic mass is 9.99. The number of carboxylic acids is 1. The van der Waals surface area contributed by atoms with E-state index in [-0.39, 0.29) is 23.0 Å². The highest BCUT2D eigenvalue weighted by molar-refractivity contribution is 6.36. The van der Waals surface area contributed by atoms with Gasteiger partial charge in [0.25, 0.3) is 0 Å². The molecule has 2 atom stereocenters. The molecule has 1 aromatic carbocycles. The number of aliphatic carboxylic acids is 1. The topological polar surface area (TPSA) is 46.5 Å². The Morgan fingerprint density at radius 1 is 1.48 bits per heavy atom. The van der Waals surface area contributed by atoms with Gasteiger partial charge in [-0.05, 0) is 32.1 Å². The number of carboxylic acid groups (broad SMARTS) is 1. The first-order valence-electron chi connectivity index (χ1n) is 6.12. The zero-order chi connectivity index (χ0) is 16.2. The van der Waals surface area contributed by atoms with Crippen LogP contribution in [0.1, 0.15) is 19.4 Å². The molecular weight excluding hydrogens is 325 g/mol. The fourth-order valence-electron chi connectivity index (χ4n) is 1.78. The molecule has 1 N–H and O–H groups in total. The van der Waals surface area contributed by atoms with Crippen molar-refractivity contribution in [3.63, 3.8) is 0 Å². The summed E-state index contributed by atoms with van der Waals surface area (Å²) < 4.78 is 29.0. The number of halogens is 4. The van der Waals surface area contributed by atoms with Crippen LogP contribution in [0.3, 0.4) is 0 Å². The molecule has 0 radical (unpaired) electrons. The van der Waals surface area contributed by atoms with Gasteiger partial charge in [-0.2, -0.15) is 0 Å². The van der Waals surface area contributed by atoms with E-state index >= 15 is 0 Å². The first-order valence-corrected chi connectivity index (χ1v) is 6.88. The quantitative estimate of drug-likeness (QED) is 0.859. The van der Waals surface area contributed by atoms with Crippen LogP contribution < -0.4 is 4.74 Å². The van der Waals surface area contributed by atoms with E-state index in [2.05, 4.69) is 0 Å². The van der Waals surface area contributed by atoms with Crippen molar-refractivity contribution < 1.29 is 23.4 Å². The van der Waals surface area contributed by atoms with Crippen molar-refractivity contribution in [3.05, 3.63) is 33.3 Å². The van der Waals surface area contributed by atoms with E-state index in [0.29, 0.717) is 10.6 Å². The van der Waals surface area contributed by atoms with Gasteiger partial charge in [-0.15, -0.1) is 0 Å². The van der Waals surface area contributed by atoms with Crippen LogP contribution in [0.15, 0.2) is 17.7 Å². The first-order chi connectivity index (χ1) is 9.81. The minimum Gasteiger partial charge on any atom is -0.480 e. The predicted molar refractivity (Wildman–Crippen MR) is 78.7 cm³/mol. The third-order valence-corrected chi connectivity index (χ3v) is 3.06. The van der Waals surface area contributed by atoms with Gasteiger partial charge in [-0.25, -0.2) is 9.18 Å². The van der Waals surface area contributed by atoms with E-state index in [1.807, 2.05) is 0 Å². The monoisotopic (exact) mass is 338 g/mol. The Hall–Kier alpha value is -1.33. The van der Waals surface area contributed by atoms with E-state index in [4.69, 9.17) is 33.0 Å². The van der Waals surface area contributed by atoms with Crippen LogP contribution in [0.2, 0.25) is 10.0 Å². The Morgan fingerprint density at radius 3 is 2.52 bits per heavy atom. The Labute approximate surface area is 131 Å². The van der Waals surface area contributed by atoms with Crippen LogP contribution in [-0.2, 0) is 4.79 Å². The standard InChI is InChI=1S/C12H9Cl2FO3.C2H5F/c1-5(15)10-8(12(16)17)3-6-2-7(13)4-9(14)11(6)18-10;1-2-3/h2-5,10H,1H3,(H,16,17);2H2,1H3. The maximum Gasteiger partial charge on any atom is 0.335 e. The highest BCUT2D eigenvalue weighted by atomic mass is 35.5. The lowest BCUT2D eigenvalue weighted by Crippen LogP contribution is -2.34. The molecule has 1 aliphatic rings. The average Bonchev–Trinajstić information content (AvgIpc) is 2.37. The van der Waals surface area contributed by atoms with Gasteiger partial charge >= 0.3 is 5.97 Å². The van der Waals surface area contributed by atoms with E-state index < -0.39 is 18.2 Å². The van der Waals surface area contributed by atoms with Crippen molar-refractivity contribution in [1.29, 1.82) is 0 Å². The van der Waals surface area contributed by atoms with E-state index in [9.17, 15) is 13.6 Å². The van der Waals surface area contributed by atoms with E-state index in [0.717, 1.165) is 0 Å². The van der Waals surface area contributed by atoms with Crippen molar-refractivity contribution in [2.75, 3.05) is 6.67 Å². The summed E-state index contributed by atoms with van der Waals surface area (Å²) in [5.74, 6) is -0.980. The lowest BCUT2D eigenvalue weighted by molar-refractivity contribution is -0.133. The van der Waals surface area contributed by atoms with Crippen LogP contribution in [-0.4, -0.2) is 30.0 Å². The second-order valence-corrected chi connectivity index (χ2v) is 5.04. The molecule has 2 unspecified atom stereocenters. The van der Waals surface area contributed by atoms with Gasteiger partial charge in [0.05, 0.1) is 17.3 Å². The van der Waals surface area contributed by atoms with E-state index in [1.54, 1.807) is 0 Å². The number of fused-ring (bicyclic) bond motifs is 1. The Balaban J connectivity index is 0.000000677. The smallest absolute Gasteiger partial charge is 0.335 e. The first kappa shape index (κ1) is 17.7. The number of ether oxygens (including phenoxy) is 1. The van der Waals surface area contributed by atoms with Crippen LogP contribution in [0.5, 0.6) is 5.75 Å². The molecule has 0 saturated heterocycles. The zero-order valence-corrected chi connectivity index (χ0v) is 12.9. The normalized spacial score (nSPS) is 17.6. The summed E-state index contributed by atoms with van der Waals surface area (Å²) in [6, 6.07) is 2.98. The van der Waals surface area contributed by atoms with Crippen molar-refractivity contribution >= 4 is 35.2 Å². The van der Waals surface area contributed by atoms with Gasteiger partial charge in [0, 0.05) is 10.6 Å². The number of rotatable bonds is 2. The largest absolute Gasteiger partial charge is 0.480 e. The van der Waals surface area contributed by atoms with Crippen LogP contribution in [0, 0.1) is 0 Å². The number of hydrogen-bond donors (Lipinski definition) is 1. The van der Waals surface area contributed by atoms with E-state index in [1.165, 1.54) is 32.1 Å². The van der Waals surface area contributed by atoms with Gasteiger partial charge in [0.15, 0.2) is 6.10 Å². The Kier molecular flexibility index (Phi) is 6.42. The molecule has 0 saturated carbocycles. The molecule has 3 nitrogen and oxygen atoms in total. The highest BCUT2D eigenvalue weighted by Crippen LogP contribution is 2.39. The summed E-state index contributed by atoms with van der Waals surface area (Å²) in [6.45, 7) is 2.44. The number of carbonyl (C=O) groups is 1. The Morgan fingerprint density at radius 2 is 2.05 bits per heavy atom. The molecule has 116 valence electrons. The third kappa shape index (κ3) is 4.32. The predicted octanol–water partition coefficient (Wildman–Crippen LogP) is 4.56. The molecular formula is C14H14Cl2F2O3. The van der Waals surface area contributed by atoms with Crippen molar-refractivity contribution in [3.8, 4) is 5.75 Å². The maximum absolute atomic E-state index is 13.4. The maximum atomic E-state index is 13.4. The molecule has 1 heterocycles. The second-order valence-electron chi connectivity index (χ2n) is 4.19. The minimum absolute atomic E-state index is 0.157. The van der Waals surface area contributed by atoms with Gasteiger partial charge in [0.2, 0.25) is 0 Å². The number of hydrogen-bond acceptors (Lipinski definition) is 2. The van der Waals surface area contributed by atoms with Crippen molar-refractivity contribution in [2.24, 2.45) is 0 Å². The SMILES string of the molecule is CC(F)C1Oc2c(Cl)cc(Cl)cc2C=C1C(=O)O.CCF. The number of benzene rings is 1. The highest BCUT2D eigenvalue weighted by Gasteiger charge is 2.33. The van der Waals surface area contributed by atoms with Crippen LogP contribution >= 0.6 is 23.2 Å². The molecule has 7 heteroatoms. The molecule has 2 rings (SSSR count). The summed E-state index contributed by atoms with van der Waals surface area (Å²) in [5.41, 5.74) is 0.276. The fraction of sp³-hybridized carbons (Fsp3) is 0.357. The third-order valence-electron chi connectivity index (χ3n) is 2.56. The summed E-state index contributed by atoms with van der Waals surface area (Å²) in [5, 5.41) is 9.62. The summed E-state index contributed by atoms with van der Waals surface area (Å²) >= 11 is 11.8.